The van der Waals surface area contributed by atoms with E-state index >= 15 is 0 Å². The van der Waals surface area contributed by atoms with Crippen LogP contribution >= 0.6 is 0 Å². The van der Waals surface area contributed by atoms with Crippen molar-refractivity contribution in [1.82, 2.24) is 10.2 Å². The third kappa shape index (κ3) is 4.39. The van der Waals surface area contributed by atoms with Crippen LogP contribution in [0.3, 0.4) is 0 Å². The normalized spacial score (nSPS) is 26.6. The quantitative estimate of drug-likeness (QED) is 0.268. The number of aliphatic hydroxyl groups is 3. The van der Waals surface area contributed by atoms with Crippen LogP contribution in [0.4, 0.5) is 18.9 Å². The number of rotatable bonds is 6. The number of phenols is 1. The molecule has 40 heavy (non-hydrogen) atoms. The van der Waals surface area contributed by atoms with Gasteiger partial charge in [-0.25, -0.2) is 0 Å². The Kier molecular flexibility index (Phi) is 7.18. The molecule has 0 radical (unpaired) electrons. The Morgan fingerprint density at radius 1 is 1.18 bits per heavy atom. The number of nitrogens with zero attached hydrogens (tertiary/aromatic N) is 2. The van der Waals surface area contributed by atoms with E-state index in [4.69, 9.17) is 5.73 Å². The lowest BCUT2D eigenvalue weighted by Gasteiger charge is -2.50. The topological polar surface area (TPSA) is 177 Å². The molecule has 11 nitrogen and oxygen atoms in total. The molecule has 0 unspecified atom stereocenters. The number of hydrogen-bond donors (Lipinski definition) is 6. The largest absolute Gasteiger partial charge is 0.508 e. The van der Waals surface area contributed by atoms with Crippen LogP contribution in [0.2, 0.25) is 0 Å². The van der Waals surface area contributed by atoms with Gasteiger partial charge in [0, 0.05) is 37.8 Å². The molecule has 1 fully saturated rings. The Morgan fingerprint density at radius 2 is 1.80 bits per heavy atom. The molecular formula is C26H31F3N4O7. The number of alkyl halides is 3. The number of primary amides is 1. The molecule has 1 saturated carbocycles. The zero-order valence-corrected chi connectivity index (χ0v) is 22.3. The van der Waals surface area contributed by atoms with Gasteiger partial charge in [0.1, 0.15) is 22.8 Å². The first-order valence-electron chi connectivity index (χ1n) is 12.4. The number of ketones is 2. The SMILES string of the molecule is CN(C)c1c(CNCC(F)(F)F)cc(O)c2c1C[C@H]1C[C@H]3[C@H](N(C)C)C(=O)C(C(N)=O)=C(O)[C@@]3(O)C(=O)C1=C2O. The number of halogens is 3. The van der Waals surface area contributed by atoms with E-state index in [-0.39, 0.29) is 30.5 Å². The van der Waals surface area contributed by atoms with Crippen LogP contribution in [-0.4, -0.2) is 95.4 Å². The van der Waals surface area contributed by atoms with Crippen LogP contribution in [0.1, 0.15) is 23.1 Å². The molecular weight excluding hydrogens is 537 g/mol. The fourth-order valence-corrected chi connectivity index (χ4v) is 6.40. The van der Waals surface area contributed by atoms with Crippen molar-refractivity contribution in [3.05, 3.63) is 39.7 Å². The van der Waals surface area contributed by atoms with Crippen molar-refractivity contribution in [2.24, 2.45) is 17.6 Å². The van der Waals surface area contributed by atoms with Gasteiger partial charge in [-0.05, 0) is 50.0 Å². The number of fused-ring (bicyclic) bond motifs is 3. The number of aliphatic hydroxyl groups excluding tert-OH is 2. The van der Waals surface area contributed by atoms with E-state index in [2.05, 4.69) is 5.32 Å². The van der Waals surface area contributed by atoms with Gasteiger partial charge in [0.15, 0.2) is 11.4 Å². The molecule has 0 bridgehead atoms. The van der Waals surface area contributed by atoms with E-state index < -0.39 is 76.5 Å². The fourth-order valence-electron chi connectivity index (χ4n) is 6.40. The molecule has 218 valence electrons. The van der Waals surface area contributed by atoms with Crippen molar-refractivity contribution in [2.45, 2.75) is 37.2 Å². The molecule has 7 N–H and O–H groups in total. The molecule has 0 spiro atoms. The minimum Gasteiger partial charge on any atom is -0.508 e. The van der Waals surface area contributed by atoms with E-state index in [9.17, 15) is 48.0 Å². The second-order valence-electron chi connectivity index (χ2n) is 10.8. The van der Waals surface area contributed by atoms with Gasteiger partial charge in [0.2, 0.25) is 5.78 Å². The highest BCUT2D eigenvalue weighted by Crippen LogP contribution is 2.54. The minimum absolute atomic E-state index is 0.0166. The van der Waals surface area contributed by atoms with Gasteiger partial charge >= 0.3 is 6.18 Å². The lowest BCUT2D eigenvalue weighted by atomic mass is 9.57. The van der Waals surface area contributed by atoms with Crippen LogP contribution < -0.4 is 16.0 Å². The number of benzene rings is 1. The van der Waals surface area contributed by atoms with Gasteiger partial charge < -0.3 is 36.4 Å². The van der Waals surface area contributed by atoms with Gasteiger partial charge in [-0.1, -0.05) is 0 Å². The highest BCUT2D eigenvalue weighted by Gasteiger charge is 2.64. The highest BCUT2D eigenvalue weighted by atomic mass is 19.4. The first-order valence-corrected chi connectivity index (χ1v) is 12.4. The maximum atomic E-state index is 13.9. The van der Waals surface area contributed by atoms with Crippen molar-refractivity contribution in [2.75, 3.05) is 39.6 Å². The zero-order chi connectivity index (χ0) is 30.1. The van der Waals surface area contributed by atoms with Crippen LogP contribution in [-0.2, 0) is 27.3 Å². The van der Waals surface area contributed by atoms with Gasteiger partial charge in [-0.15, -0.1) is 0 Å². The Hall–Kier alpha value is -3.62. The Bertz CT molecular complexity index is 1370. The van der Waals surface area contributed by atoms with Crippen LogP contribution in [0, 0.1) is 11.8 Å². The van der Waals surface area contributed by atoms with Gasteiger partial charge in [0.05, 0.1) is 18.2 Å². The van der Waals surface area contributed by atoms with E-state index in [1.54, 1.807) is 19.0 Å². The third-order valence-corrected chi connectivity index (χ3v) is 7.86. The average molecular weight is 569 g/mol. The number of nitrogens with one attached hydrogen (secondary N) is 1. The van der Waals surface area contributed by atoms with Crippen LogP contribution in [0.25, 0.3) is 5.76 Å². The van der Waals surface area contributed by atoms with Crippen molar-refractivity contribution >= 4 is 28.9 Å². The summed E-state index contributed by atoms with van der Waals surface area (Å²) in [6.07, 6.45) is -4.54. The van der Waals surface area contributed by atoms with E-state index in [1.807, 2.05) is 0 Å². The summed E-state index contributed by atoms with van der Waals surface area (Å²) in [5.74, 6) is -7.75. The van der Waals surface area contributed by atoms with Crippen molar-refractivity contribution < 1.29 is 48.0 Å². The third-order valence-electron chi connectivity index (χ3n) is 7.86. The standard InChI is InChI=1S/C26H31F3N4O7/c1-32(2)18-11(8-31-9-25(27,28)29)7-14(34)16-12(18)5-10-6-13-19(33(3)4)21(36)17(24(30)39)23(38)26(13,40)22(37)15(10)20(16)35/h7,10,13,19,31,34-35,38,40H,5-6,8-9H2,1-4H3,(H2,30,39)/t10-,13-,19-,26-/m0/s1. The van der Waals surface area contributed by atoms with E-state index in [0.717, 1.165) is 0 Å². The van der Waals surface area contributed by atoms with Gasteiger partial charge in [-0.2, -0.15) is 13.2 Å². The number of nitrogens with two attached hydrogens (primary N) is 1. The number of likely N-dealkylation sites (N-methyl/N-ethyl adjacent to an activating group) is 1. The molecule has 3 aliphatic carbocycles. The fraction of sp³-hybridized carbons (Fsp3) is 0.500. The number of phenolic OH excluding ortho intramolecular Hbond substituents is 1. The number of anilines is 1. The number of amides is 1. The summed E-state index contributed by atoms with van der Waals surface area (Å²) in [6.45, 7) is -1.53. The summed E-state index contributed by atoms with van der Waals surface area (Å²) in [5.41, 5.74) is 2.29. The molecule has 1 aromatic rings. The molecule has 4 atom stereocenters. The Balaban J connectivity index is 1.90. The maximum absolute atomic E-state index is 13.9. The van der Waals surface area contributed by atoms with Crippen molar-refractivity contribution in [3.63, 3.8) is 0 Å². The second-order valence-corrected chi connectivity index (χ2v) is 10.8. The molecule has 14 heteroatoms. The number of carbonyl (C=O) groups is 3. The van der Waals surface area contributed by atoms with Crippen LogP contribution in [0.15, 0.2) is 23.0 Å². The van der Waals surface area contributed by atoms with Gasteiger partial charge in [0.25, 0.3) is 5.91 Å². The molecule has 1 aromatic carbocycles. The lowest BCUT2D eigenvalue weighted by Crippen LogP contribution is -2.65. The number of Topliss-reactive ketones (excluding diaryl/α,β-unsaturated/α-hetero) is 2. The molecule has 4 rings (SSSR count). The molecule has 3 aliphatic rings. The van der Waals surface area contributed by atoms with Gasteiger partial charge in [-0.3, -0.25) is 19.3 Å². The summed E-state index contributed by atoms with van der Waals surface area (Å²) >= 11 is 0. The Labute approximate surface area is 227 Å². The summed E-state index contributed by atoms with van der Waals surface area (Å²) in [6, 6.07) is -0.0410. The highest BCUT2D eigenvalue weighted by molar-refractivity contribution is 6.24. The summed E-state index contributed by atoms with van der Waals surface area (Å²) in [4.78, 5) is 42.1. The number of aromatic hydroxyl groups is 1. The smallest absolute Gasteiger partial charge is 0.401 e. The molecule has 0 aromatic heterocycles. The second kappa shape index (κ2) is 9.78. The number of carbonyl (C=O) groups excluding carboxylic acids is 3. The Morgan fingerprint density at radius 3 is 2.33 bits per heavy atom. The van der Waals surface area contributed by atoms with Crippen LogP contribution in [0.5, 0.6) is 5.75 Å². The maximum Gasteiger partial charge on any atom is 0.401 e. The van der Waals surface area contributed by atoms with Crippen molar-refractivity contribution in [1.29, 1.82) is 0 Å². The molecule has 1 amide bonds. The first kappa shape index (κ1) is 29.4. The first-order chi connectivity index (χ1) is 18.4. The predicted octanol–water partition coefficient (Wildman–Crippen LogP) is 0.682. The average Bonchev–Trinajstić information content (AvgIpc) is 2.79. The minimum atomic E-state index is -4.46. The zero-order valence-electron chi connectivity index (χ0n) is 22.3. The summed E-state index contributed by atoms with van der Waals surface area (Å²) < 4.78 is 38.2. The summed E-state index contributed by atoms with van der Waals surface area (Å²) in [7, 11) is 6.26. The molecule has 0 saturated heterocycles. The molecule has 0 heterocycles. The van der Waals surface area contributed by atoms with E-state index in [0.29, 0.717) is 16.8 Å². The predicted molar refractivity (Wildman–Crippen MR) is 136 cm³/mol. The van der Waals surface area contributed by atoms with E-state index in [1.165, 1.54) is 25.1 Å². The monoisotopic (exact) mass is 568 g/mol. The lowest BCUT2D eigenvalue weighted by molar-refractivity contribution is -0.153. The number of hydrogen-bond acceptors (Lipinski definition) is 10. The summed E-state index contributed by atoms with van der Waals surface area (Å²) in [5, 5.41) is 47.0. The molecule has 0 aliphatic heterocycles. The van der Waals surface area contributed by atoms with Crippen molar-refractivity contribution in [3.8, 4) is 5.75 Å².